The van der Waals surface area contributed by atoms with Gasteiger partial charge >= 0.3 is 0 Å². The van der Waals surface area contributed by atoms with Crippen molar-refractivity contribution in [3.05, 3.63) is 0 Å². The number of hydrogen-bond donors (Lipinski definition) is 1. The maximum absolute atomic E-state index is 5.73. The molecule has 1 unspecified atom stereocenters. The molecule has 0 aromatic heterocycles. The van der Waals surface area contributed by atoms with Gasteiger partial charge in [-0.2, -0.15) is 0 Å². The first-order valence-corrected chi connectivity index (χ1v) is 5.73. The van der Waals surface area contributed by atoms with E-state index < -0.39 is 0 Å². The van der Waals surface area contributed by atoms with Gasteiger partial charge in [0, 0.05) is 12.1 Å². The minimum Gasteiger partial charge on any atom is -0.328 e. The highest BCUT2D eigenvalue weighted by Crippen LogP contribution is 2.27. The third-order valence-corrected chi connectivity index (χ3v) is 2.68. The SMILES string of the molecule is CCCN(CCCC(C)N)C1CC1. The quantitative estimate of drug-likeness (QED) is 0.655. The zero-order valence-electron chi connectivity index (χ0n) is 9.13. The Labute approximate surface area is 82.5 Å². The minimum atomic E-state index is 0.377. The molecule has 0 amide bonds. The summed E-state index contributed by atoms with van der Waals surface area (Å²) >= 11 is 0. The Morgan fingerprint density at radius 1 is 1.38 bits per heavy atom. The lowest BCUT2D eigenvalue weighted by molar-refractivity contribution is 0.256. The van der Waals surface area contributed by atoms with E-state index in [1.807, 2.05) is 0 Å². The molecule has 0 spiro atoms. The molecule has 1 fully saturated rings. The van der Waals surface area contributed by atoms with Gasteiger partial charge in [0.1, 0.15) is 0 Å². The van der Waals surface area contributed by atoms with Gasteiger partial charge in [0.05, 0.1) is 0 Å². The van der Waals surface area contributed by atoms with Crippen LogP contribution in [0.15, 0.2) is 0 Å². The number of hydrogen-bond acceptors (Lipinski definition) is 2. The Kier molecular flexibility index (Phi) is 4.74. The summed E-state index contributed by atoms with van der Waals surface area (Å²) in [6.07, 6.45) is 6.59. The fraction of sp³-hybridized carbons (Fsp3) is 1.00. The van der Waals surface area contributed by atoms with Crippen molar-refractivity contribution < 1.29 is 0 Å². The maximum Gasteiger partial charge on any atom is 0.00964 e. The van der Waals surface area contributed by atoms with E-state index in [4.69, 9.17) is 5.73 Å². The smallest absolute Gasteiger partial charge is 0.00964 e. The predicted octanol–water partition coefficient (Wildman–Crippen LogP) is 1.99. The van der Waals surface area contributed by atoms with Gasteiger partial charge in [0.15, 0.2) is 0 Å². The second-order valence-corrected chi connectivity index (χ2v) is 4.39. The van der Waals surface area contributed by atoms with Crippen LogP contribution < -0.4 is 5.73 Å². The molecule has 1 atom stereocenters. The molecule has 1 aliphatic rings. The van der Waals surface area contributed by atoms with E-state index in [9.17, 15) is 0 Å². The van der Waals surface area contributed by atoms with Crippen LogP contribution in [0.4, 0.5) is 0 Å². The topological polar surface area (TPSA) is 29.3 Å². The van der Waals surface area contributed by atoms with E-state index in [1.165, 1.54) is 45.2 Å². The van der Waals surface area contributed by atoms with E-state index in [1.54, 1.807) is 0 Å². The molecule has 0 aromatic carbocycles. The maximum atomic E-state index is 5.73. The first-order chi connectivity index (χ1) is 6.24. The van der Waals surface area contributed by atoms with Gasteiger partial charge in [-0.05, 0) is 52.1 Å². The van der Waals surface area contributed by atoms with Crippen molar-refractivity contribution in [2.45, 2.75) is 58.0 Å². The fourth-order valence-electron chi connectivity index (χ4n) is 1.82. The van der Waals surface area contributed by atoms with E-state index in [2.05, 4.69) is 18.7 Å². The van der Waals surface area contributed by atoms with Crippen LogP contribution in [-0.4, -0.2) is 30.1 Å². The van der Waals surface area contributed by atoms with Gasteiger partial charge in [0.25, 0.3) is 0 Å². The lowest BCUT2D eigenvalue weighted by Crippen LogP contribution is -2.29. The summed E-state index contributed by atoms with van der Waals surface area (Å²) in [5.74, 6) is 0. The Balaban J connectivity index is 2.07. The first-order valence-electron chi connectivity index (χ1n) is 5.73. The molecule has 13 heavy (non-hydrogen) atoms. The number of nitrogens with two attached hydrogens (primary N) is 1. The van der Waals surface area contributed by atoms with Crippen LogP contribution in [-0.2, 0) is 0 Å². The van der Waals surface area contributed by atoms with Gasteiger partial charge in [-0.15, -0.1) is 0 Å². The van der Waals surface area contributed by atoms with Crippen LogP contribution in [0.5, 0.6) is 0 Å². The molecule has 2 nitrogen and oxygen atoms in total. The van der Waals surface area contributed by atoms with E-state index in [0.29, 0.717) is 6.04 Å². The first kappa shape index (κ1) is 11.0. The highest BCUT2D eigenvalue weighted by molar-refractivity contribution is 4.84. The normalized spacial score (nSPS) is 19.4. The summed E-state index contributed by atoms with van der Waals surface area (Å²) in [5.41, 5.74) is 5.73. The van der Waals surface area contributed by atoms with Crippen molar-refractivity contribution in [1.29, 1.82) is 0 Å². The zero-order valence-corrected chi connectivity index (χ0v) is 9.13. The molecular formula is C11H24N2. The van der Waals surface area contributed by atoms with Crippen LogP contribution in [0.2, 0.25) is 0 Å². The van der Waals surface area contributed by atoms with Crippen molar-refractivity contribution >= 4 is 0 Å². The van der Waals surface area contributed by atoms with E-state index >= 15 is 0 Å². The molecular weight excluding hydrogens is 160 g/mol. The van der Waals surface area contributed by atoms with Crippen LogP contribution in [0.25, 0.3) is 0 Å². The molecule has 0 saturated heterocycles. The van der Waals surface area contributed by atoms with Gasteiger partial charge in [-0.1, -0.05) is 6.92 Å². The van der Waals surface area contributed by atoms with E-state index in [0.717, 1.165) is 6.04 Å². The van der Waals surface area contributed by atoms with Gasteiger partial charge in [0.2, 0.25) is 0 Å². The summed E-state index contributed by atoms with van der Waals surface area (Å²) < 4.78 is 0. The van der Waals surface area contributed by atoms with Crippen molar-refractivity contribution in [2.75, 3.05) is 13.1 Å². The number of rotatable bonds is 7. The molecule has 0 radical (unpaired) electrons. The Morgan fingerprint density at radius 3 is 2.54 bits per heavy atom. The molecule has 1 aliphatic carbocycles. The van der Waals surface area contributed by atoms with Crippen molar-refractivity contribution in [2.24, 2.45) is 5.73 Å². The van der Waals surface area contributed by atoms with Gasteiger partial charge in [-0.3, -0.25) is 0 Å². The molecule has 1 saturated carbocycles. The second-order valence-electron chi connectivity index (χ2n) is 4.39. The monoisotopic (exact) mass is 184 g/mol. The lowest BCUT2D eigenvalue weighted by atomic mass is 10.2. The fourth-order valence-corrected chi connectivity index (χ4v) is 1.82. The lowest BCUT2D eigenvalue weighted by Gasteiger charge is -2.21. The minimum absolute atomic E-state index is 0.377. The van der Waals surface area contributed by atoms with Gasteiger partial charge in [-0.25, -0.2) is 0 Å². The molecule has 2 N–H and O–H groups in total. The van der Waals surface area contributed by atoms with Gasteiger partial charge < -0.3 is 10.6 Å². The highest BCUT2D eigenvalue weighted by Gasteiger charge is 2.27. The highest BCUT2D eigenvalue weighted by atomic mass is 15.2. The van der Waals surface area contributed by atoms with E-state index in [-0.39, 0.29) is 0 Å². The summed E-state index contributed by atoms with van der Waals surface area (Å²) in [7, 11) is 0. The third kappa shape index (κ3) is 4.63. The summed E-state index contributed by atoms with van der Waals surface area (Å²) in [4.78, 5) is 2.64. The third-order valence-electron chi connectivity index (χ3n) is 2.68. The van der Waals surface area contributed by atoms with Crippen LogP contribution in [0, 0.1) is 0 Å². The molecule has 1 rings (SSSR count). The van der Waals surface area contributed by atoms with Crippen molar-refractivity contribution in [3.8, 4) is 0 Å². The molecule has 2 heteroatoms. The summed E-state index contributed by atoms with van der Waals surface area (Å²) in [5, 5.41) is 0. The van der Waals surface area contributed by atoms with Crippen molar-refractivity contribution in [1.82, 2.24) is 4.90 Å². The van der Waals surface area contributed by atoms with Crippen molar-refractivity contribution in [3.63, 3.8) is 0 Å². The molecule has 0 aliphatic heterocycles. The second kappa shape index (κ2) is 5.61. The zero-order chi connectivity index (χ0) is 9.68. The van der Waals surface area contributed by atoms with Crippen LogP contribution >= 0.6 is 0 Å². The molecule has 78 valence electrons. The largest absolute Gasteiger partial charge is 0.328 e. The predicted molar refractivity (Wildman–Crippen MR) is 57.8 cm³/mol. The number of nitrogens with zero attached hydrogens (tertiary/aromatic N) is 1. The standard InChI is InChI=1S/C11H24N2/c1-3-8-13(11-6-7-11)9-4-5-10(2)12/h10-11H,3-9,12H2,1-2H3. The Hall–Kier alpha value is -0.0800. The van der Waals surface area contributed by atoms with Crippen LogP contribution in [0.1, 0.15) is 46.0 Å². The average Bonchev–Trinajstić information content (AvgIpc) is 2.84. The Bertz CT molecular complexity index is 130. The molecule has 0 bridgehead atoms. The molecule has 0 aromatic rings. The Morgan fingerprint density at radius 2 is 2.08 bits per heavy atom. The average molecular weight is 184 g/mol. The molecule has 0 heterocycles. The summed E-state index contributed by atoms with van der Waals surface area (Å²) in [6.45, 7) is 6.91. The van der Waals surface area contributed by atoms with Crippen LogP contribution in [0.3, 0.4) is 0 Å². The summed E-state index contributed by atoms with van der Waals surface area (Å²) in [6, 6.07) is 1.30.